The van der Waals surface area contributed by atoms with E-state index in [1.54, 1.807) is 0 Å². The fourth-order valence-electron chi connectivity index (χ4n) is 2.67. The summed E-state index contributed by atoms with van der Waals surface area (Å²) in [5.41, 5.74) is 0. The molecule has 3 heterocycles. The van der Waals surface area contributed by atoms with Crippen molar-refractivity contribution >= 4 is 37.4 Å². The van der Waals surface area contributed by atoms with E-state index in [-0.39, 0.29) is 27.2 Å². The van der Waals surface area contributed by atoms with E-state index in [0.29, 0.717) is 13.1 Å². The van der Waals surface area contributed by atoms with Crippen molar-refractivity contribution in [1.82, 2.24) is 8.61 Å². The lowest BCUT2D eigenvalue weighted by atomic mass is 10.4. The molecule has 2 aromatic heterocycles. The Hall–Kier alpha value is -1.73. The molecule has 0 saturated carbocycles. The molecule has 0 radical (unpaired) electrons. The first-order valence-electron chi connectivity index (χ1n) is 8.40. The standard InChI is InChI=1S/C16H20N2O7S3/c1-17(2)28(22,23)14-6-5-12(25-14)11-24-16(19)15-13(7-10-26-15)27(20,21)18-8-3-4-9-18/h5-7,10H,3-4,8-9,11H2,1-2H3. The third-order valence-corrected chi connectivity index (χ3v) is 8.87. The molecule has 1 aliphatic heterocycles. The van der Waals surface area contributed by atoms with Gasteiger partial charge in [-0.2, -0.15) is 4.31 Å². The van der Waals surface area contributed by atoms with Gasteiger partial charge in [0.05, 0.1) is 0 Å². The van der Waals surface area contributed by atoms with Gasteiger partial charge in [-0.3, -0.25) is 0 Å². The van der Waals surface area contributed by atoms with Crippen molar-refractivity contribution < 1.29 is 30.8 Å². The summed E-state index contributed by atoms with van der Waals surface area (Å²) in [6, 6.07) is 4.05. The number of thiophene rings is 1. The van der Waals surface area contributed by atoms with Crippen LogP contribution in [0.15, 0.2) is 38.0 Å². The molecule has 0 spiro atoms. The van der Waals surface area contributed by atoms with Crippen LogP contribution in [-0.2, 0) is 31.4 Å². The maximum absolute atomic E-state index is 12.7. The fraction of sp³-hybridized carbons (Fsp3) is 0.438. The van der Waals surface area contributed by atoms with Gasteiger partial charge < -0.3 is 9.15 Å². The number of sulfonamides is 2. The molecule has 0 N–H and O–H groups in total. The summed E-state index contributed by atoms with van der Waals surface area (Å²) in [6.07, 6.45) is 1.58. The number of carbonyl (C=O) groups excluding carboxylic acids is 1. The highest BCUT2D eigenvalue weighted by Gasteiger charge is 2.32. The van der Waals surface area contributed by atoms with Gasteiger partial charge in [0.1, 0.15) is 22.1 Å². The molecular formula is C16H20N2O7S3. The largest absolute Gasteiger partial charge is 0.453 e. The van der Waals surface area contributed by atoms with Crippen LogP contribution in [0, 0.1) is 0 Å². The van der Waals surface area contributed by atoms with Crippen molar-refractivity contribution in [2.75, 3.05) is 27.2 Å². The van der Waals surface area contributed by atoms with Gasteiger partial charge in [-0.25, -0.2) is 25.9 Å². The Balaban J connectivity index is 1.72. The van der Waals surface area contributed by atoms with Crippen LogP contribution in [0.4, 0.5) is 0 Å². The van der Waals surface area contributed by atoms with Gasteiger partial charge >= 0.3 is 5.97 Å². The van der Waals surface area contributed by atoms with E-state index in [1.165, 1.54) is 42.0 Å². The molecule has 12 heteroatoms. The number of rotatable bonds is 7. The number of hydrogen-bond donors (Lipinski definition) is 0. The molecule has 154 valence electrons. The third-order valence-electron chi connectivity index (χ3n) is 4.21. The first kappa shape index (κ1) is 21.0. The molecule has 1 aliphatic rings. The number of esters is 1. The molecule has 0 unspecified atom stereocenters. The lowest BCUT2D eigenvalue weighted by Crippen LogP contribution is -2.28. The zero-order valence-electron chi connectivity index (χ0n) is 15.3. The maximum atomic E-state index is 12.7. The molecule has 3 rings (SSSR count). The van der Waals surface area contributed by atoms with Gasteiger partial charge in [0.25, 0.3) is 10.0 Å². The van der Waals surface area contributed by atoms with Crippen molar-refractivity contribution in [3.63, 3.8) is 0 Å². The molecule has 1 saturated heterocycles. The van der Waals surface area contributed by atoms with Crippen LogP contribution in [0.1, 0.15) is 28.3 Å². The minimum atomic E-state index is -3.74. The molecule has 9 nitrogen and oxygen atoms in total. The number of carbonyl (C=O) groups is 1. The zero-order chi connectivity index (χ0) is 20.5. The molecule has 0 aromatic carbocycles. The summed E-state index contributed by atoms with van der Waals surface area (Å²) < 4.78 is 62.2. The van der Waals surface area contributed by atoms with Gasteiger partial charge in [0.15, 0.2) is 0 Å². The van der Waals surface area contributed by atoms with E-state index in [9.17, 15) is 21.6 Å². The van der Waals surface area contributed by atoms with Crippen molar-refractivity contribution in [3.8, 4) is 0 Å². The number of hydrogen-bond acceptors (Lipinski definition) is 8. The minimum absolute atomic E-state index is 0.0143. The highest BCUT2D eigenvalue weighted by Crippen LogP contribution is 2.28. The van der Waals surface area contributed by atoms with Gasteiger partial charge in [0, 0.05) is 27.2 Å². The summed E-state index contributed by atoms with van der Waals surface area (Å²) in [5, 5.41) is 1.26. The summed E-state index contributed by atoms with van der Waals surface area (Å²) in [6.45, 7) is 0.549. The highest BCUT2D eigenvalue weighted by molar-refractivity contribution is 7.89. The molecule has 28 heavy (non-hydrogen) atoms. The van der Waals surface area contributed by atoms with E-state index in [2.05, 4.69) is 0 Å². The van der Waals surface area contributed by atoms with Crippen LogP contribution in [0.25, 0.3) is 0 Å². The Bertz CT molecular complexity index is 1060. The van der Waals surface area contributed by atoms with Crippen LogP contribution in [0.5, 0.6) is 0 Å². The second kappa shape index (κ2) is 7.95. The predicted octanol–water partition coefficient (Wildman–Crippen LogP) is 1.73. The van der Waals surface area contributed by atoms with Gasteiger partial charge in [0.2, 0.25) is 15.1 Å². The van der Waals surface area contributed by atoms with Crippen molar-refractivity contribution in [1.29, 1.82) is 0 Å². The third kappa shape index (κ3) is 4.01. The van der Waals surface area contributed by atoms with Crippen LogP contribution >= 0.6 is 11.3 Å². The normalized spacial score (nSPS) is 16.0. The quantitative estimate of drug-likeness (QED) is 0.593. The van der Waals surface area contributed by atoms with Crippen LogP contribution in [-0.4, -0.2) is 58.6 Å². The lowest BCUT2D eigenvalue weighted by Gasteiger charge is -2.15. The fourth-order valence-corrected chi connectivity index (χ4v) is 6.29. The van der Waals surface area contributed by atoms with Crippen molar-refractivity contribution in [2.24, 2.45) is 0 Å². The zero-order valence-corrected chi connectivity index (χ0v) is 17.8. The van der Waals surface area contributed by atoms with Crippen LogP contribution in [0.3, 0.4) is 0 Å². The van der Waals surface area contributed by atoms with E-state index < -0.39 is 26.0 Å². The van der Waals surface area contributed by atoms with Gasteiger partial charge in [-0.15, -0.1) is 11.3 Å². The molecule has 0 amide bonds. The smallest absolute Gasteiger partial charge is 0.350 e. The van der Waals surface area contributed by atoms with Crippen LogP contribution in [0.2, 0.25) is 0 Å². The average molecular weight is 449 g/mol. The molecular weight excluding hydrogens is 428 g/mol. The molecule has 0 atom stereocenters. The summed E-state index contributed by atoms with van der Waals surface area (Å²) >= 11 is 0.978. The first-order valence-corrected chi connectivity index (χ1v) is 12.2. The van der Waals surface area contributed by atoms with E-state index in [0.717, 1.165) is 28.5 Å². The number of ether oxygens (including phenoxy) is 1. The van der Waals surface area contributed by atoms with E-state index in [4.69, 9.17) is 9.15 Å². The summed E-state index contributed by atoms with van der Waals surface area (Å²) in [4.78, 5) is 12.3. The lowest BCUT2D eigenvalue weighted by molar-refractivity contribution is 0.0442. The Morgan fingerprint density at radius 1 is 1.18 bits per heavy atom. The second-order valence-corrected chi connectivity index (χ2v) is 11.2. The Labute approximate surface area is 167 Å². The average Bonchev–Trinajstić information content (AvgIpc) is 3.41. The first-order chi connectivity index (χ1) is 13.1. The highest BCUT2D eigenvalue weighted by atomic mass is 32.2. The van der Waals surface area contributed by atoms with Gasteiger partial charge in [-0.1, -0.05) is 0 Å². The molecule has 0 aliphatic carbocycles. The monoisotopic (exact) mass is 448 g/mol. The Morgan fingerprint density at radius 3 is 2.50 bits per heavy atom. The van der Waals surface area contributed by atoms with Crippen molar-refractivity contribution in [3.05, 3.63) is 34.2 Å². The SMILES string of the molecule is CN(C)S(=O)(=O)c1ccc(COC(=O)c2sccc2S(=O)(=O)N2CCCC2)o1. The molecule has 0 bridgehead atoms. The maximum Gasteiger partial charge on any atom is 0.350 e. The van der Waals surface area contributed by atoms with E-state index in [1.807, 2.05) is 0 Å². The predicted molar refractivity (Wildman–Crippen MR) is 101 cm³/mol. The Kier molecular flexibility index (Phi) is 5.96. The molecule has 2 aromatic rings. The number of nitrogens with zero attached hydrogens (tertiary/aromatic N) is 2. The topological polar surface area (TPSA) is 114 Å². The second-order valence-electron chi connectivity index (χ2n) is 6.31. The summed E-state index contributed by atoms with van der Waals surface area (Å²) in [5.74, 6) is -0.671. The minimum Gasteiger partial charge on any atom is -0.453 e. The van der Waals surface area contributed by atoms with Gasteiger partial charge in [-0.05, 0) is 36.4 Å². The number of furan rings is 1. The van der Waals surface area contributed by atoms with Crippen LogP contribution < -0.4 is 0 Å². The molecule has 1 fully saturated rings. The van der Waals surface area contributed by atoms with Crippen molar-refractivity contribution in [2.45, 2.75) is 29.4 Å². The Morgan fingerprint density at radius 2 is 1.86 bits per heavy atom. The summed E-state index contributed by atoms with van der Waals surface area (Å²) in [7, 11) is -4.73. The van der Waals surface area contributed by atoms with E-state index >= 15 is 0 Å².